The second-order valence-corrected chi connectivity index (χ2v) is 3.85. The lowest BCUT2D eigenvalue weighted by molar-refractivity contribution is 0.399. The normalized spacial score (nSPS) is 10.3. The lowest BCUT2D eigenvalue weighted by atomic mass is 10.2. The molecule has 6 nitrogen and oxygen atoms in total. The molecule has 3 heterocycles. The Balaban J connectivity index is 2.07. The minimum atomic E-state index is 0.512. The van der Waals surface area contributed by atoms with Gasteiger partial charge in [0.15, 0.2) is 11.5 Å². The van der Waals surface area contributed by atoms with Gasteiger partial charge in [-0.1, -0.05) is 0 Å². The molecule has 3 rings (SSSR count). The number of fused-ring (bicyclic) bond motifs is 1. The lowest BCUT2D eigenvalue weighted by Gasteiger charge is -1.95. The van der Waals surface area contributed by atoms with Crippen molar-refractivity contribution in [3.05, 3.63) is 36.0 Å². The van der Waals surface area contributed by atoms with Gasteiger partial charge < -0.3 is 9.72 Å². The summed E-state index contributed by atoms with van der Waals surface area (Å²) in [6.07, 6.45) is 1.51. The van der Waals surface area contributed by atoms with E-state index >= 15 is 0 Å². The Morgan fingerprint density at radius 3 is 2.79 bits per heavy atom. The van der Waals surface area contributed by atoms with Gasteiger partial charge in [0.25, 0.3) is 0 Å². The maximum Gasteiger partial charge on any atom is 0.215 e. The molecule has 0 atom stereocenters. The average molecular weight is 251 g/mol. The Morgan fingerprint density at radius 1 is 1.21 bits per heavy atom. The molecule has 92 valence electrons. The molecule has 19 heavy (non-hydrogen) atoms. The van der Waals surface area contributed by atoms with Crippen molar-refractivity contribution in [2.24, 2.45) is 0 Å². The highest BCUT2D eigenvalue weighted by Gasteiger charge is 2.08. The van der Waals surface area contributed by atoms with Crippen LogP contribution in [0.25, 0.3) is 22.7 Å². The maximum atomic E-state index is 8.73. The predicted molar refractivity (Wildman–Crippen MR) is 68.4 cm³/mol. The van der Waals surface area contributed by atoms with Crippen LogP contribution in [-0.2, 0) is 0 Å². The summed E-state index contributed by atoms with van der Waals surface area (Å²) in [5, 5.41) is 8.73. The number of methoxy groups -OCH3 is 1. The highest BCUT2D eigenvalue weighted by Crippen LogP contribution is 2.19. The molecule has 0 aliphatic rings. The average Bonchev–Trinajstić information content (AvgIpc) is 2.90. The molecule has 0 fully saturated rings. The SMILES string of the molecule is COc1ccc2[nH]c(-c3ccc(C#N)cn3)nc2n1. The molecule has 0 saturated heterocycles. The van der Waals surface area contributed by atoms with Crippen LogP contribution >= 0.6 is 0 Å². The van der Waals surface area contributed by atoms with E-state index in [4.69, 9.17) is 10.00 Å². The Kier molecular flexibility index (Phi) is 2.58. The van der Waals surface area contributed by atoms with E-state index in [9.17, 15) is 0 Å². The van der Waals surface area contributed by atoms with Crippen molar-refractivity contribution in [1.29, 1.82) is 5.26 Å². The van der Waals surface area contributed by atoms with Crippen molar-refractivity contribution >= 4 is 11.2 Å². The summed E-state index contributed by atoms with van der Waals surface area (Å²) in [5.74, 6) is 1.12. The first-order valence-corrected chi connectivity index (χ1v) is 5.57. The topological polar surface area (TPSA) is 87.5 Å². The number of hydrogen-bond donors (Lipinski definition) is 1. The van der Waals surface area contributed by atoms with Crippen LogP contribution < -0.4 is 4.74 Å². The van der Waals surface area contributed by atoms with Crippen molar-refractivity contribution in [3.63, 3.8) is 0 Å². The van der Waals surface area contributed by atoms with Crippen LogP contribution in [-0.4, -0.2) is 27.0 Å². The molecule has 0 aromatic carbocycles. The summed E-state index contributed by atoms with van der Waals surface area (Å²) in [6.45, 7) is 0. The van der Waals surface area contributed by atoms with Crippen molar-refractivity contribution in [2.75, 3.05) is 7.11 Å². The van der Waals surface area contributed by atoms with Crippen molar-refractivity contribution in [3.8, 4) is 23.5 Å². The van der Waals surface area contributed by atoms with Crippen molar-refractivity contribution in [2.45, 2.75) is 0 Å². The Labute approximate surface area is 108 Å². The van der Waals surface area contributed by atoms with Gasteiger partial charge in [0.1, 0.15) is 11.8 Å². The molecule has 0 aliphatic heterocycles. The van der Waals surface area contributed by atoms with Gasteiger partial charge in [0.2, 0.25) is 5.88 Å². The van der Waals surface area contributed by atoms with Gasteiger partial charge >= 0.3 is 0 Å². The minimum Gasteiger partial charge on any atom is -0.481 e. The van der Waals surface area contributed by atoms with E-state index in [-0.39, 0.29) is 0 Å². The standard InChI is InChI=1S/C13H9N5O/c1-19-11-5-4-10-13(17-11)18-12(16-10)9-3-2-8(6-14)7-15-9/h2-5,7H,1H3,(H,16,17,18). The molecule has 3 aromatic heterocycles. The molecule has 0 saturated carbocycles. The lowest BCUT2D eigenvalue weighted by Crippen LogP contribution is -1.87. The molecular formula is C13H9N5O. The second-order valence-electron chi connectivity index (χ2n) is 3.85. The van der Waals surface area contributed by atoms with E-state index in [1.54, 1.807) is 25.3 Å². The monoisotopic (exact) mass is 251 g/mol. The highest BCUT2D eigenvalue weighted by molar-refractivity contribution is 5.75. The molecule has 0 unspecified atom stereocenters. The second kappa shape index (κ2) is 4.38. The fourth-order valence-corrected chi connectivity index (χ4v) is 1.71. The Bertz CT molecular complexity index is 770. The van der Waals surface area contributed by atoms with Crippen LogP contribution in [0.15, 0.2) is 30.5 Å². The molecule has 1 N–H and O–H groups in total. The van der Waals surface area contributed by atoms with Gasteiger partial charge in [-0.2, -0.15) is 10.2 Å². The van der Waals surface area contributed by atoms with E-state index in [0.29, 0.717) is 28.6 Å². The van der Waals surface area contributed by atoms with Crippen LogP contribution in [0.5, 0.6) is 5.88 Å². The zero-order valence-corrected chi connectivity index (χ0v) is 10.1. The van der Waals surface area contributed by atoms with Gasteiger partial charge in [-0.05, 0) is 18.2 Å². The van der Waals surface area contributed by atoms with E-state index in [1.807, 2.05) is 12.1 Å². The third-order valence-corrected chi connectivity index (χ3v) is 2.66. The third-order valence-electron chi connectivity index (χ3n) is 2.66. The summed E-state index contributed by atoms with van der Waals surface area (Å²) >= 11 is 0. The van der Waals surface area contributed by atoms with E-state index in [1.165, 1.54) is 6.20 Å². The molecule has 0 aliphatic carbocycles. The Morgan fingerprint density at radius 2 is 2.11 bits per heavy atom. The van der Waals surface area contributed by atoms with Crippen LogP contribution in [0.1, 0.15) is 5.56 Å². The number of H-pyrrole nitrogens is 1. The molecule has 3 aromatic rings. The number of nitriles is 1. The summed E-state index contributed by atoms with van der Waals surface area (Å²) < 4.78 is 5.05. The summed E-state index contributed by atoms with van der Waals surface area (Å²) in [5.41, 5.74) is 2.55. The first-order valence-electron chi connectivity index (χ1n) is 5.57. The number of aromatic amines is 1. The number of aromatic nitrogens is 4. The van der Waals surface area contributed by atoms with Crippen LogP contribution in [0, 0.1) is 11.3 Å². The smallest absolute Gasteiger partial charge is 0.215 e. The summed E-state index contributed by atoms with van der Waals surface area (Å²) in [7, 11) is 1.56. The zero-order chi connectivity index (χ0) is 13.2. The van der Waals surface area contributed by atoms with Crippen LogP contribution in [0.2, 0.25) is 0 Å². The Hall–Kier alpha value is -2.94. The number of rotatable bonds is 2. The van der Waals surface area contributed by atoms with E-state index < -0.39 is 0 Å². The van der Waals surface area contributed by atoms with Crippen molar-refractivity contribution in [1.82, 2.24) is 19.9 Å². The van der Waals surface area contributed by atoms with Gasteiger partial charge in [0.05, 0.1) is 18.2 Å². The maximum absolute atomic E-state index is 8.73. The summed E-state index contributed by atoms with van der Waals surface area (Å²) in [4.78, 5) is 15.9. The fourth-order valence-electron chi connectivity index (χ4n) is 1.71. The number of nitrogens with one attached hydrogen (secondary N) is 1. The first-order chi connectivity index (χ1) is 9.30. The molecule has 6 heteroatoms. The molecule has 0 bridgehead atoms. The van der Waals surface area contributed by atoms with Gasteiger partial charge in [-0.3, -0.25) is 4.98 Å². The number of pyridine rings is 2. The predicted octanol–water partition coefficient (Wildman–Crippen LogP) is 1.90. The molecule has 0 amide bonds. The molecule has 0 spiro atoms. The number of ether oxygens (including phenoxy) is 1. The van der Waals surface area contributed by atoms with Crippen molar-refractivity contribution < 1.29 is 4.74 Å². The zero-order valence-electron chi connectivity index (χ0n) is 10.1. The minimum absolute atomic E-state index is 0.512. The van der Waals surface area contributed by atoms with Gasteiger partial charge in [-0.25, -0.2) is 4.98 Å². The first kappa shape index (κ1) is 11.2. The summed E-state index contributed by atoms with van der Waals surface area (Å²) in [6, 6.07) is 9.08. The van der Waals surface area contributed by atoms with Crippen LogP contribution in [0.4, 0.5) is 0 Å². The molecule has 0 radical (unpaired) electrons. The number of nitrogens with zero attached hydrogens (tertiary/aromatic N) is 4. The number of imidazole rings is 1. The van der Waals surface area contributed by atoms with Gasteiger partial charge in [-0.15, -0.1) is 0 Å². The molecular weight excluding hydrogens is 242 g/mol. The highest BCUT2D eigenvalue weighted by atomic mass is 16.5. The largest absolute Gasteiger partial charge is 0.481 e. The quantitative estimate of drug-likeness (QED) is 0.751. The fraction of sp³-hybridized carbons (Fsp3) is 0.0769. The van der Waals surface area contributed by atoms with Crippen LogP contribution in [0.3, 0.4) is 0 Å². The number of hydrogen-bond acceptors (Lipinski definition) is 5. The van der Waals surface area contributed by atoms with Gasteiger partial charge in [0, 0.05) is 12.3 Å². The third kappa shape index (κ3) is 1.98. The van der Waals surface area contributed by atoms with E-state index in [2.05, 4.69) is 19.9 Å². The van der Waals surface area contributed by atoms with E-state index in [0.717, 1.165) is 5.52 Å².